The molecule has 35 heavy (non-hydrogen) atoms. The quantitative estimate of drug-likeness (QED) is 0.477. The van der Waals surface area contributed by atoms with Crippen LogP contribution in [0.4, 0.5) is 5.69 Å². The lowest BCUT2D eigenvalue weighted by Gasteiger charge is -2.32. The van der Waals surface area contributed by atoms with E-state index in [9.17, 15) is 9.59 Å². The Bertz CT molecular complexity index is 1140. The second-order valence-corrected chi connectivity index (χ2v) is 8.36. The molecule has 4 rings (SSSR count). The van der Waals surface area contributed by atoms with Gasteiger partial charge >= 0.3 is 0 Å². The fourth-order valence-electron chi connectivity index (χ4n) is 4.43. The van der Waals surface area contributed by atoms with E-state index in [0.29, 0.717) is 28.5 Å². The summed E-state index contributed by atoms with van der Waals surface area (Å²) in [6, 6.07) is 14.6. The number of methoxy groups -OCH3 is 3. The van der Waals surface area contributed by atoms with Crippen molar-refractivity contribution in [1.29, 1.82) is 0 Å². The number of benzene rings is 2. The van der Waals surface area contributed by atoms with Gasteiger partial charge in [-0.1, -0.05) is 25.0 Å². The molecule has 8 heteroatoms. The van der Waals surface area contributed by atoms with E-state index in [1.807, 2.05) is 0 Å². The molecule has 1 fully saturated rings. The van der Waals surface area contributed by atoms with Gasteiger partial charge < -0.3 is 23.9 Å². The van der Waals surface area contributed by atoms with Gasteiger partial charge in [0.15, 0.2) is 17.3 Å². The predicted octanol–water partition coefficient (Wildman–Crippen LogP) is 4.75. The van der Waals surface area contributed by atoms with Gasteiger partial charge in [-0.25, -0.2) is 0 Å². The Morgan fingerprint density at radius 1 is 0.943 bits per heavy atom. The lowest BCUT2D eigenvalue weighted by atomic mass is 10.0. The van der Waals surface area contributed by atoms with Crippen LogP contribution in [-0.4, -0.2) is 39.2 Å². The summed E-state index contributed by atoms with van der Waals surface area (Å²) in [5.41, 5.74) is 1.10. The molecule has 0 bridgehead atoms. The zero-order chi connectivity index (χ0) is 24.8. The minimum absolute atomic E-state index is 0.0780. The summed E-state index contributed by atoms with van der Waals surface area (Å²) < 4.78 is 21.6. The molecule has 1 aromatic heterocycles. The maximum atomic E-state index is 13.8. The van der Waals surface area contributed by atoms with Crippen molar-refractivity contribution < 1.29 is 28.2 Å². The zero-order valence-corrected chi connectivity index (χ0v) is 20.2. The van der Waals surface area contributed by atoms with Gasteiger partial charge in [0.2, 0.25) is 5.91 Å². The highest BCUT2D eigenvalue weighted by molar-refractivity contribution is 6.08. The summed E-state index contributed by atoms with van der Waals surface area (Å²) in [7, 11) is 4.64. The molecule has 0 radical (unpaired) electrons. The number of hydrogen-bond donors (Lipinski definition) is 1. The number of furan rings is 1. The van der Waals surface area contributed by atoms with E-state index < -0.39 is 11.9 Å². The molecule has 1 atom stereocenters. The fourth-order valence-corrected chi connectivity index (χ4v) is 4.43. The van der Waals surface area contributed by atoms with Gasteiger partial charge in [0.25, 0.3) is 5.91 Å². The van der Waals surface area contributed by atoms with E-state index in [-0.39, 0.29) is 17.7 Å². The van der Waals surface area contributed by atoms with Gasteiger partial charge in [0.1, 0.15) is 11.8 Å². The molecule has 0 unspecified atom stereocenters. The minimum Gasteiger partial charge on any atom is -0.497 e. The lowest BCUT2D eigenvalue weighted by Crippen LogP contribution is -2.46. The Morgan fingerprint density at radius 3 is 2.26 bits per heavy atom. The SMILES string of the molecule is COc1ccc([C@@H](C(=O)NC2CCCC2)N(C(=O)c2ccco2)c2ccc(OC)c(OC)c2)cc1. The maximum Gasteiger partial charge on any atom is 0.294 e. The van der Waals surface area contributed by atoms with Crippen molar-refractivity contribution in [2.75, 3.05) is 26.2 Å². The lowest BCUT2D eigenvalue weighted by molar-refractivity contribution is -0.123. The first-order valence-corrected chi connectivity index (χ1v) is 11.6. The van der Waals surface area contributed by atoms with Gasteiger partial charge in [-0.05, 0) is 54.8 Å². The highest BCUT2D eigenvalue weighted by atomic mass is 16.5. The van der Waals surface area contributed by atoms with Crippen LogP contribution in [0.1, 0.15) is 47.8 Å². The van der Waals surface area contributed by atoms with Crippen molar-refractivity contribution in [2.24, 2.45) is 0 Å². The zero-order valence-electron chi connectivity index (χ0n) is 20.2. The van der Waals surface area contributed by atoms with Gasteiger partial charge in [-0.2, -0.15) is 0 Å². The second-order valence-electron chi connectivity index (χ2n) is 8.36. The molecule has 8 nitrogen and oxygen atoms in total. The minimum atomic E-state index is -0.961. The molecule has 1 N–H and O–H groups in total. The number of anilines is 1. The van der Waals surface area contributed by atoms with E-state index in [0.717, 1.165) is 25.7 Å². The monoisotopic (exact) mass is 478 g/mol. The number of carbonyl (C=O) groups excluding carboxylic acids is 2. The highest BCUT2D eigenvalue weighted by Gasteiger charge is 2.36. The van der Waals surface area contributed by atoms with Crippen LogP contribution in [0.5, 0.6) is 17.2 Å². The van der Waals surface area contributed by atoms with Crippen molar-refractivity contribution in [1.82, 2.24) is 5.32 Å². The third-order valence-corrected chi connectivity index (χ3v) is 6.24. The molecule has 1 heterocycles. The van der Waals surface area contributed by atoms with Crippen LogP contribution in [0.3, 0.4) is 0 Å². The van der Waals surface area contributed by atoms with Crippen molar-refractivity contribution in [3.63, 3.8) is 0 Å². The van der Waals surface area contributed by atoms with Gasteiger partial charge in [0.05, 0.1) is 27.6 Å². The van der Waals surface area contributed by atoms with E-state index in [2.05, 4.69) is 5.32 Å². The van der Waals surface area contributed by atoms with Crippen molar-refractivity contribution in [3.05, 3.63) is 72.2 Å². The summed E-state index contributed by atoms with van der Waals surface area (Å²) in [5.74, 6) is 0.997. The molecule has 184 valence electrons. The number of nitrogens with zero attached hydrogens (tertiary/aromatic N) is 1. The number of carbonyl (C=O) groups is 2. The van der Waals surface area contributed by atoms with Gasteiger partial charge in [-0.15, -0.1) is 0 Å². The summed E-state index contributed by atoms with van der Waals surface area (Å²) in [6.45, 7) is 0. The summed E-state index contributed by atoms with van der Waals surface area (Å²) >= 11 is 0. The first-order chi connectivity index (χ1) is 17.0. The molecule has 0 spiro atoms. The number of hydrogen-bond acceptors (Lipinski definition) is 6. The molecule has 1 saturated carbocycles. The Morgan fingerprint density at radius 2 is 1.66 bits per heavy atom. The van der Waals surface area contributed by atoms with Crippen LogP contribution < -0.4 is 24.4 Å². The van der Waals surface area contributed by atoms with Crippen LogP contribution in [0, 0.1) is 0 Å². The van der Waals surface area contributed by atoms with Crippen LogP contribution in [0.2, 0.25) is 0 Å². The number of nitrogens with one attached hydrogen (secondary N) is 1. The van der Waals surface area contributed by atoms with Crippen molar-refractivity contribution in [2.45, 2.75) is 37.8 Å². The topological polar surface area (TPSA) is 90.2 Å². The molecule has 2 aromatic carbocycles. The van der Waals surface area contributed by atoms with E-state index >= 15 is 0 Å². The second kappa shape index (κ2) is 11.0. The van der Waals surface area contributed by atoms with E-state index in [4.69, 9.17) is 18.6 Å². The molecule has 0 aliphatic heterocycles. The van der Waals surface area contributed by atoms with Crippen LogP contribution >= 0.6 is 0 Å². The number of rotatable bonds is 9. The number of ether oxygens (including phenoxy) is 3. The normalized spacial score (nSPS) is 14.3. The molecule has 1 aliphatic rings. The molecular weight excluding hydrogens is 448 g/mol. The summed E-state index contributed by atoms with van der Waals surface area (Å²) in [6.07, 6.45) is 5.42. The Labute approximate surface area is 204 Å². The Hall–Kier alpha value is -3.94. The smallest absolute Gasteiger partial charge is 0.294 e. The standard InChI is InChI=1S/C27H30N2O6/c1-32-21-13-10-18(11-14-21)25(26(30)28-19-7-4-5-8-19)29(27(31)23-9-6-16-35-23)20-12-15-22(33-2)24(17-20)34-3/h6,9-17,19,25H,4-5,7-8H2,1-3H3,(H,28,30)/t25-/m0/s1. The van der Waals surface area contributed by atoms with Crippen LogP contribution in [0.25, 0.3) is 0 Å². The molecular formula is C27H30N2O6. The van der Waals surface area contributed by atoms with Gasteiger partial charge in [-0.3, -0.25) is 14.5 Å². The third-order valence-electron chi connectivity index (χ3n) is 6.24. The van der Waals surface area contributed by atoms with Crippen LogP contribution in [-0.2, 0) is 4.79 Å². The first-order valence-electron chi connectivity index (χ1n) is 11.6. The summed E-state index contributed by atoms with van der Waals surface area (Å²) in [5, 5.41) is 3.16. The van der Waals surface area contributed by atoms with Crippen LogP contribution in [0.15, 0.2) is 65.3 Å². The fraction of sp³-hybridized carbons (Fsp3) is 0.333. The molecule has 0 saturated heterocycles. The Balaban J connectivity index is 1.83. The van der Waals surface area contributed by atoms with Crippen molar-refractivity contribution in [3.8, 4) is 17.2 Å². The first kappa shape index (κ1) is 24.2. The summed E-state index contributed by atoms with van der Waals surface area (Å²) in [4.78, 5) is 29.0. The average molecular weight is 479 g/mol. The van der Waals surface area contributed by atoms with E-state index in [1.54, 1.807) is 68.8 Å². The molecule has 2 amide bonds. The van der Waals surface area contributed by atoms with Crippen molar-refractivity contribution >= 4 is 17.5 Å². The maximum absolute atomic E-state index is 13.8. The van der Waals surface area contributed by atoms with Gasteiger partial charge in [0, 0.05) is 17.8 Å². The Kier molecular flexibility index (Phi) is 7.60. The largest absolute Gasteiger partial charge is 0.497 e. The average Bonchev–Trinajstić information content (AvgIpc) is 3.61. The molecule has 3 aromatic rings. The number of amides is 2. The molecule has 1 aliphatic carbocycles. The highest BCUT2D eigenvalue weighted by Crippen LogP contribution is 2.37. The van der Waals surface area contributed by atoms with E-state index in [1.165, 1.54) is 18.3 Å². The predicted molar refractivity (Wildman–Crippen MR) is 131 cm³/mol. The third kappa shape index (κ3) is 5.26.